The molecule has 0 heterocycles. The molecular weight excluding hydrogens is 323 g/mol. The Hall–Kier alpha value is -2.76. The van der Waals surface area contributed by atoms with Gasteiger partial charge < -0.3 is 20.1 Å². The Morgan fingerprint density at radius 3 is 2.20 bits per heavy atom. The molecule has 0 aliphatic rings. The SMILES string of the molecule is COc1cc(F)c([C@@H](C)NC(=O)Nc2c(C)cccc2C)cc1OC. The maximum absolute atomic E-state index is 14.3. The van der Waals surface area contributed by atoms with Crippen molar-refractivity contribution in [3.8, 4) is 11.5 Å². The van der Waals surface area contributed by atoms with Gasteiger partial charge in [-0.05, 0) is 38.0 Å². The molecule has 0 saturated heterocycles. The minimum Gasteiger partial charge on any atom is -0.493 e. The van der Waals surface area contributed by atoms with Crippen LogP contribution < -0.4 is 20.1 Å². The first-order valence-electron chi connectivity index (χ1n) is 7.92. The molecule has 6 heteroatoms. The lowest BCUT2D eigenvalue weighted by molar-refractivity contribution is 0.249. The molecule has 0 unspecified atom stereocenters. The van der Waals surface area contributed by atoms with E-state index >= 15 is 0 Å². The van der Waals surface area contributed by atoms with E-state index in [0.717, 1.165) is 16.8 Å². The van der Waals surface area contributed by atoms with Crippen molar-refractivity contribution in [3.05, 3.63) is 52.8 Å². The second-order valence-electron chi connectivity index (χ2n) is 5.82. The lowest BCUT2D eigenvalue weighted by Crippen LogP contribution is -2.32. The van der Waals surface area contributed by atoms with Crippen molar-refractivity contribution in [3.63, 3.8) is 0 Å². The van der Waals surface area contributed by atoms with Gasteiger partial charge in [0.25, 0.3) is 0 Å². The van der Waals surface area contributed by atoms with Crippen LogP contribution in [0.5, 0.6) is 11.5 Å². The zero-order valence-corrected chi connectivity index (χ0v) is 15.1. The molecule has 2 amide bonds. The Morgan fingerprint density at radius 2 is 1.64 bits per heavy atom. The highest BCUT2D eigenvalue weighted by Gasteiger charge is 2.18. The van der Waals surface area contributed by atoms with Crippen molar-refractivity contribution in [1.29, 1.82) is 0 Å². The van der Waals surface area contributed by atoms with E-state index in [1.54, 1.807) is 6.92 Å². The number of aryl methyl sites for hydroxylation is 2. The molecule has 2 aromatic rings. The van der Waals surface area contributed by atoms with Crippen LogP contribution >= 0.6 is 0 Å². The number of carbonyl (C=O) groups is 1. The molecule has 134 valence electrons. The summed E-state index contributed by atoms with van der Waals surface area (Å²) in [7, 11) is 2.92. The molecule has 2 rings (SSSR count). The van der Waals surface area contributed by atoms with Gasteiger partial charge in [-0.3, -0.25) is 0 Å². The summed E-state index contributed by atoms with van der Waals surface area (Å²) < 4.78 is 24.6. The summed E-state index contributed by atoms with van der Waals surface area (Å²) in [5.74, 6) is 0.233. The number of urea groups is 1. The first-order chi connectivity index (χ1) is 11.9. The van der Waals surface area contributed by atoms with Crippen LogP contribution in [0.3, 0.4) is 0 Å². The van der Waals surface area contributed by atoms with Gasteiger partial charge in [0.05, 0.1) is 20.3 Å². The standard InChI is InChI=1S/C19H23FN2O3/c1-11-7-6-8-12(2)18(11)22-19(23)21-13(3)14-9-16(24-4)17(25-5)10-15(14)20/h6-10,13H,1-5H3,(H2,21,22,23)/t13-/m1/s1. The zero-order valence-electron chi connectivity index (χ0n) is 15.1. The van der Waals surface area contributed by atoms with Gasteiger partial charge in [0, 0.05) is 17.3 Å². The number of para-hydroxylation sites is 1. The molecule has 0 radical (unpaired) electrons. The maximum atomic E-state index is 14.3. The van der Waals surface area contributed by atoms with Crippen LogP contribution in [0.25, 0.3) is 0 Å². The van der Waals surface area contributed by atoms with Crippen LogP contribution in [0.15, 0.2) is 30.3 Å². The number of ether oxygens (including phenoxy) is 2. The quantitative estimate of drug-likeness (QED) is 0.846. The van der Waals surface area contributed by atoms with Crippen LogP contribution in [0.1, 0.15) is 29.7 Å². The lowest BCUT2D eigenvalue weighted by Gasteiger charge is -2.19. The summed E-state index contributed by atoms with van der Waals surface area (Å²) in [6.07, 6.45) is 0. The number of hydrogen-bond acceptors (Lipinski definition) is 3. The summed E-state index contributed by atoms with van der Waals surface area (Å²) >= 11 is 0. The number of amides is 2. The van der Waals surface area contributed by atoms with Crippen LogP contribution in [-0.2, 0) is 0 Å². The fourth-order valence-corrected chi connectivity index (χ4v) is 2.64. The zero-order chi connectivity index (χ0) is 18.6. The number of hydrogen-bond donors (Lipinski definition) is 2. The van der Waals surface area contributed by atoms with Gasteiger partial charge in [0.1, 0.15) is 5.82 Å². The molecule has 0 aliphatic heterocycles. The molecule has 0 fully saturated rings. The van der Waals surface area contributed by atoms with E-state index in [1.807, 2.05) is 32.0 Å². The van der Waals surface area contributed by atoms with E-state index in [-0.39, 0.29) is 0 Å². The Balaban J connectivity index is 2.16. The van der Waals surface area contributed by atoms with Gasteiger partial charge in [-0.2, -0.15) is 0 Å². The lowest BCUT2D eigenvalue weighted by atomic mass is 10.1. The average molecular weight is 346 g/mol. The molecule has 1 atom stereocenters. The molecule has 5 nitrogen and oxygen atoms in total. The van der Waals surface area contributed by atoms with Gasteiger partial charge in [0.15, 0.2) is 11.5 Å². The topological polar surface area (TPSA) is 59.6 Å². The van der Waals surface area contributed by atoms with E-state index in [1.165, 1.54) is 26.4 Å². The summed E-state index contributed by atoms with van der Waals surface area (Å²) in [4.78, 5) is 12.3. The number of benzene rings is 2. The third kappa shape index (κ3) is 4.21. The number of rotatable bonds is 5. The third-order valence-electron chi connectivity index (χ3n) is 4.04. The van der Waals surface area contributed by atoms with Crippen molar-refractivity contribution in [2.45, 2.75) is 26.8 Å². The number of carbonyl (C=O) groups excluding carboxylic acids is 1. The number of nitrogens with one attached hydrogen (secondary N) is 2. The van der Waals surface area contributed by atoms with E-state index < -0.39 is 17.9 Å². The number of methoxy groups -OCH3 is 2. The largest absolute Gasteiger partial charge is 0.493 e. The molecule has 0 saturated carbocycles. The summed E-state index contributed by atoms with van der Waals surface area (Å²) in [6.45, 7) is 5.54. The highest BCUT2D eigenvalue weighted by molar-refractivity contribution is 5.91. The van der Waals surface area contributed by atoms with E-state index in [2.05, 4.69) is 10.6 Å². The smallest absolute Gasteiger partial charge is 0.319 e. The Morgan fingerprint density at radius 1 is 1.08 bits per heavy atom. The predicted octanol–water partition coefficient (Wildman–Crippen LogP) is 4.34. The van der Waals surface area contributed by atoms with Gasteiger partial charge in [-0.25, -0.2) is 9.18 Å². The molecule has 2 N–H and O–H groups in total. The molecule has 0 aliphatic carbocycles. The van der Waals surface area contributed by atoms with Gasteiger partial charge in [-0.1, -0.05) is 18.2 Å². The third-order valence-corrected chi connectivity index (χ3v) is 4.04. The highest BCUT2D eigenvalue weighted by atomic mass is 19.1. The van der Waals surface area contributed by atoms with Crippen LogP contribution in [-0.4, -0.2) is 20.3 Å². The van der Waals surface area contributed by atoms with Crippen molar-refractivity contribution in [2.24, 2.45) is 0 Å². The first-order valence-corrected chi connectivity index (χ1v) is 7.92. The molecule has 0 spiro atoms. The fourth-order valence-electron chi connectivity index (χ4n) is 2.64. The van der Waals surface area contributed by atoms with Gasteiger partial charge in [0.2, 0.25) is 0 Å². The van der Waals surface area contributed by atoms with Crippen molar-refractivity contribution in [1.82, 2.24) is 5.32 Å². The molecule has 25 heavy (non-hydrogen) atoms. The second kappa shape index (κ2) is 7.88. The molecule has 0 aromatic heterocycles. The van der Waals surface area contributed by atoms with Crippen molar-refractivity contribution in [2.75, 3.05) is 19.5 Å². The van der Waals surface area contributed by atoms with Crippen molar-refractivity contribution < 1.29 is 18.7 Å². The minimum absolute atomic E-state index is 0.302. The maximum Gasteiger partial charge on any atom is 0.319 e. The van der Waals surface area contributed by atoms with Crippen LogP contribution in [0.4, 0.5) is 14.9 Å². The fraction of sp³-hybridized carbons (Fsp3) is 0.316. The van der Waals surface area contributed by atoms with Gasteiger partial charge in [-0.15, -0.1) is 0 Å². The van der Waals surface area contributed by atoms with Crippen molar-refractivity contribution >= 4 is 11.7 Å². The first kappa shape index (κ1) is 18.6. The van der Waals surface area contributed by atoms with E-state index in [4.69, 9.17) is 9.47 Å². The monoisotopic (exact) mass is 346 g/mol. The van der Waals surface area contributed by atoms with Crippen LogP contribution in [0, 0.1) is 19.7 Å². The number of anilines is 1. The van der Waals surface area contributed by atoms with E-state index in [0.29, 0.717) is 17.1 Å². The molecule has 0 bridgehead atoms. The summed E-state index contributed by atoms with van der Waals surface area (Å²) in [5, 5.41) is 5.56. The average Bonchev–Trinajstić information content (AvgIpc) is 2.57. The normalized spacial score (nSPS) is 11.6. The Labute approximate surface area is 147 Å². The number of halogens is 1. The van der Waals surface area contributed by atoms with E-state index in [9.17, 15) is 9.18 Å². The predicted molar refractivity (Wildman–Crippen MR) is 96.0 cm³/mol. The Kier molecular flexibility index (Phi) is 5.85. The summed E-state index contributed by atoms with van der Waals surface area (Å²) in [5.41, 5.74) is 2.98. The molecular formula is C19H23FN2O3. The van der Waals surface area contributed by atoms with Gasteiger partial charge >= 0.3 is 6.03 Å². The minimum atomic E-state index is -0.552. The van der Waals surface area contributed by atoms with Crippen LogP contribution in [0.2, 0.25) is 0 Å². The summed E-state index contributed by atoms with van der Waals surface area (Å²) in [6, 6.07) is 7.58. The Bertz CT molecular complexity index is 757. The highest BCUT2D eigenvalue weighted by Crippen LogP contribution is 2.32. The second-order valence-corrected chi connectivity index (χ2v) is 5.82. The molecule has 2 aromatic carbocycles.